The minimum atomic E-state index is -0.252. The third-order valence-corrected chi connectivity index (χ3v) is 2.71. The molecule has 0 bridgehead atoms. The van der Waals surface area contributed by atoms with Crippen LogP contribution in [0.1, 0.15) is 32.1 Å². The Bertz CT molecular complexity index is 170. The van der Waals surface area contributed by atoms with Crippen molar-refractivity contribution in [1.29, 1.82) is 0 Å². The summed E-state index contributed by atoms with van der Waals surface area (Å²) in [4.78, 5) is 20.4. The zero-order valence-corrected chi connectivity index (χ0v) is 6.47. The molecule has 1 heterocycles. The predicted molar refractivity (Wildman–Crippen MR) is 37.6 cm³/mol. The van der Waals surface area contributed by atoms with Gasteiger partial charge < -0.3 is 0 Å². The smallest absolute Gasteiger partial charge is 0.298 e. The van der Waals surface area contributed by atoms with Gasteiger partial charge in [-0.1, -0.05) is 19.3 Å². The highest BCUT2D eigenvalue weighted by molar-refractivity contribution is 5.77. The topological polar surface area (TPSA) is 35.5 Å². The molecule has 0 unspecified atom stereocenters. The van der Waals surface area contributed by atoms with Crippen molar-refractivity contribution in [3.63, 3.8) is 0 Å². The van der Waals surface area contributed by atoms with Gasteiger partial charge in [-0.05, 0) is 12.8 Å². The summed E-state index contributed by atoms with van der Waals surface area (Å²) >= 11 is 0. The lowest BCUT2D eigenvalue weighted by Gasteiger charge is -2.26. The third kappa shape index (κ3) is 1.03. The Morgan fingerprint density at radius 2 is 1.91 bits per heavy atom. The molecule has 0 aromatic rings. The molecule has 0 amide bonds. The van der Waals surface area contributed by atoms with Crippen molar-refractivity contribution in [2.45, 2.75) is 32.1 Å². The maximum Gasteiger partial charge on any atom is 0.350 e. The largest absolute Gasteiger partial charge is 0.350 e. The third-order valence-electron chi connectivity index (χ3n) is 2.71. The average molecular weight is 156 g/mol. The molecule has 1 aliphatic carbocycles. The highest BCUT2D eigenvalue weighted by atomic mass is 17.2. The summed E-state index contributed by atoms with van der Waals surface area (Å²) in [7, 11) is 0. The normalized spacial score (nSPS) is 28.9. The van der Waals surface area contributed by atoms with Crippen LogP contribution in [0, 0.1) is 5.41 Å². The Labute approximate surface area is 65.6 Å². The summed E-state index contributed by atoms with van der Waals surface area (Å²) < 4.78 is 0. The molecule has 0 N–H and O–H groups in total. The van der Waals surface area contributed by atoms with E-state index in [0.717, 1.165) is 25.7 Å². The molecule has 62 valence electrons. The van der Waals surface area contributed by atoms with Crippen LogP contribution in [0.5, 0.6) is 0 Å². The fourth-order valence-corrected chi connectivity index (χ4v) is 1.92. The molecule has 2 fully saturated rings. The standard InChI is InChI=1S/C8H12O3/c9-7-8(6-10-11-7)4-2-1-3-5-8/h1-6H2. The Balaban J connectivity index is 2.12. The van der Waals surface area contributed by atoms with E-state index in [1.807, 2.05) is 0 Å². The Morgan fingerprint density at radius 1 is 1.18 bits per heavy atom. The molecule has 1 spiro atoms. The zero-order chi connectivity index (χ0) is 7.73. The quantitative estimate of drug-likeness (QED) is 0.497. The monoisotopic (exact) mass is 156 g/mol. The summed E-state index contributed by atoms with van der Waals surface area (Å²) in [6, 6.07) is 0. The molecule has 1 saturated carbocycles. The van der Waals surface area contributed by atoms with Crippen molar-refractivity contribution in [1.82, 2.24) is 0 Å². The molecule has 0 radical (unpaired) electrons. The van der Waals surface area contributed by atoms with Crippen LogP contribution >= 0.6 is 0 Å². The van der Waals surface area contributed by atoms with Crippen LogP contribution in [-0.4, -0.2) is 12.6 Å². The predicted octanol–water partition coefficient (Wildman–Crippen LogP) is 1.43. The SMILES string of the molecule is O=C1OOCC12CCCCC2. The van der Waals surface area contributed by atoms with Crippen LogP contribution in [0.15, 0.2) is 0 Å². The number of carbonyl (C=O) groups excluding carboxylic acids is 1. The van der Waals surface area contributed by atoms with Crippen LogP contribution in [-0.2, 0) is 14.6 Å². The second kappa shape index (κ2) is 2.48. The molecular weight excluding hydrogens is 144 g/mol. The molecule has 0 aromatic heterocycles. The zero-order valence-electron chi connectivity index (χ0n) is 6.47. The maximum atomic E-state index is 11.2. The van der Waals surface area contributed by atoms with E-state index in [-0.39, 0.29) is 11.4 Å². The average Bonchev–Trinajstić information content (AvgIpc) is 2.36. The second-order valence-electron chi connectivity index (χ2n) is 3.47. The summed E-state index contributed by atoms with van der Waals surface area (Å²) in [6.45, 7) is 0.478. The first-order valence-electron chi connectivity index (χ1n) is 4.17. The van der Waals surface area contributed by atoms with Crippen LogP contribution in [0.4, 0.5) is 0 Å². The van der Waals surface area contributed by atoms with Crippen LogP contribution in [0.25, 0.3) is 0 Å². The molecule has 11 heavy (non-hydrogen) atoms. The Hall–Kier alpha value is -0.570. The van der Waals surface area contributed by atoms with Gasteiger partial charge in [-0.3, -0.25) is 4.89 Å². The first-order valence-corrected chi connectivity index (χ1v) is 4.17. The van der Waals surface area contributed by atoms with E-state index in [1.165, 1.54) is 6.42 Å². The van der Waals surface area contributed by atoms with Gasteiger partial charge >= 0.3 is 5.97 Å². The molecule has 2 rings (SSSR count). The lowest BCUT2D eigenvalue weighted by atomic mass is 9.75. The lowest BCUT2D eigenvalue weighted by Crippen LogP contribution is -2.31. The molecule has 0 atom stereocenters. The van der Waals surface area contributed by atoms with Crippen LogP contribution < -0.4 is 0 Å². The van der Waals surface area contributed by atoms with Gasteiger partial charge in [0.1, 0.15) is 6.61 Å². The van der Waals surface area contributed by atoms with Crippen molar-refractivity contribution < 1.29 is 14.6 Å². The molecule has 0 aromatic carbocycles. The number of rotatable bonds is 0. The van der Waals surface area contributed by atoms with Gasteiger partial charge in [0.15, 0.2) is 0 Å². The summed E-state index contributed by atoms with van der Waals surface area (Å²) in [5, 5.41) is 0. The highest BCUT2D eigenvalue weighted by Gasteiger charge is 2.46. The van der Waals surface area contributed by atoms with Crippen molar-refractivity contribution >= 4 is 5.97 Å². The van der Waals surface area contributed by atoms with Gasteiger partial charge in [0.2, 0.25) is 0 Å². The van der Waals surface area contributed by atoms with Gasteiger partial charge in [0, 0.05) is 0 Å². The molecule has 1 aliphatic heterocycles. The molecule has 3 heteroatoms. The Morgan fingerprint density at radius 3 is 2.45 bits per heavy atom. The van der Waals surface area contributed by atoms with Crippen molar-refractivity contribution in [2.24, 2.45) is 5.41 Å². The van der Waals surface area contributed by atoms with Gasteiger partial charge in [-0.2, -0.15) is 4.89 Å². The first kappa shape index (κ1) is 7.10. The van der Waals surface area contributed by atoms with E-state index in [4.69, 9.17) is 4.89 Å². The van der Waals surface area contributed by atoms with E-state index >= 15 is 0 Å². The van der Waals surface area contributed by atoms with Crippen molar-refractivity contribution in [2.75, 3.05) is 6.61 Å². The summed E-state index contributed by atoms with van der Waals surface area (Å²) in [5.74, 6) is -0.141. The van der Waals surface area contributed by atoms with E-state index < -0.39 is 0 Å². The number of hydrogen-bond acceptors (Lipinski definition) is 3. The van der Waals surface area contributed by atoms with E-state index in [0.29, 0.717) is 6.61 Å². The second-order valence-corrected chi connectivity index (χ2v) is 3.47. The van der Waals surface area contributed by atoms with E-state index in [2.05, 4.69) is 4.89 Å². The highest BCUT2D eigenvalue weighted by Crippen LogP contribution is 2.40. The van der Waals surface area contributed by atoms with Crippen LogP contribution in [0.3, 0.4) is 0 Å². The van der Waals surface area contributed by atoms with Gasteiger partial charge in [-0.15, -0.1) is 0 Å². The number of carbonyl (C=O) groups is 1. The summed E-state index contributed by atoms with van der Waals surface area (Å²) in [6.07, 6.45) is 5.42. The first-order chi connectivity index (χ1) is 5.33. The molecular formula is C8H12O3. The fraction of sp³-hybridized carbons (Fsp3) is 0.875. The number of hydrogen-bond donors (Lipinski definition) is 0. The molecule has 3 nitrogen and oxygen atoms in total. The minimum absolute atomic E-state index is 0.141. The lowest BCUT2D eigenvalue weighted by molar-refractivity contribution is -0.240. The molecule has 2 aliphatic rings. The van der Waals surface area contributed by atoms with Gasteiger partial charge in [0.25, 0.3) is 0 Å². The van der Waals surface area contributed by atoms with Crippen LogP contribution in [0.2, 0.25) is 0 Å². The van der Waals surface area contributed by atoms with Gasteiger partial charge in [-0.25, -0.2) is 4.79 Å². The maximum absolute atomic E-state index is 11.2. The Kier molecular flexibility index (Phi) is 1.60. The van der Waals surface area contributed by atoms with Gasteiger partial charge in [0.05, 0.1) is 5.41 Å². The molecule has 1 saturated heterocycles. The fourth-order valence-electron chi connectivity index (χ4n) is 1.92. The van der Waals surface area contributed by atoms with Crippen molar-refractivity contribution in [3.05, 3.63) is 0 Å². The summed E-state index contributed by atoms with van der Waals surface area (Å²) in [5.41, 5.74) is -0.252. The van der Waals surface area contributed by atoms with Crippen molar-refractivity contribution in [3.8, 4) is 0 Å². The van der Waals surface area contributed by atoms with E-state index in [1.54, 1.807) is 0 Å². The van der Waals surface area contributed by atoms with E-state index in [9.17, 15) is 4.79 Å². The minimum Gasteiger partial charge on any atom is -0.298 e.